The Kier molecular flexibility index (Phi) is 4.82. The van der Waals surface area contributed by atoms with E-state index in [2.05, 4.69) is 12.2 Å². The van der Waals surface area contributed by atoms with E-state index >= 15 is 0 Å². The van der Waals surface area contributed by atoms with Gasteiger partial charge in [0.25, 0.3) is 5.91 Å². The molecule has 3 N–H and O–H groups in total. The Bertz CT molecular complexity index is 307. The number of rotatable bonds is 6. The number of nitrogens with one attached hydrogen (secondary N) is 1. The Morgan fingerprint density at radius 1 is 1.47 bits per heavy atom. The van der Waals surface area contributed by atoms with Gasteiger partial charge in [-0.2, -0.15) is 11.8 Å². The number of hydrogen-bond donors (Lipinski definition) is 2. The van der Waals surface area contributed by atoms with Gasteiger partial charge in [-0.15, -0.1) is 0 Å². The molecule has 0 aliphatic carbocycles. The second-order valence-corrected chi connectivity index (χ2v) is 6.32. The van der Waals surface area contributed by atoms with Crippen LogP contribution in [0.3, 0.4) is 0 Å². The van der Waals surface area contributed by atoms with E-state index in [-0.39, 0.29) is 11.9 Å². The smallest absolute Gasteiger partial charge is 0.325 e. The number of imide groups is 1. The van der Waals surface area contributed by atoms with Crippen molar-refractivity contribution >= 4 is 23.7 Å². The summed E-state index contributed by atoms with van der Waals surface area (Å²) in [4.78, 5) is 24.7. The second kappa shape index (κ2) is 5.73. The van der Waals surface area contributed by atoms with E-state index < -0.39 is 5.54 Å². The molecular weight excluding hydrogens is 238 g/mol. The first-order valence-electron chi connectivity index (χ1n) is 5.84. The van der Waals surface area contributed by atoms with Gasteiger partial charge in [-0.3, -0.25) is 9.69 Å². The monoisotopic (exact) mass is 259 g/mol. The van der Waals surface area contributed by atoms with Crippen LogP contribution in [-0.2, 0) is 4.79 Å². The van der Waals surface area contributed by atoms with Gasteiger partial charge in [-0.05, 0) is 26.8 Å². The Hall–Kier alpha value is -0.750. The summed E-state index contributed by atoms with van der Waals surface area (Å²) in [6.45, 7) is 6.68. The van der Waals surface area contributed by atoms with E-state index in [4.69, 9.17) is 5.73 Å². The molecule has 6 heteroatoms. The topological polar surface area (TPSA) is 75.4 Å². The van der Waals surface area contributed by atoms with Crippen LogP contribution in [-0.4, -0.2) is 46.5 Å². The first-order chi connectivity index (χ1) is 7.88. The zero-order valence-electron chi connectivity index (χ0n) is 10.7. The van der Waals surface area contributed by atoms with Gasteiger partial charge in [0.1, 0.15) is 5.54 Å². The highest BCUT2D eigenvalue weighted by molar-refractivity contribution is 7.99. The quantitative estimate of drug-likeness (QED) is 0.691. The third-order valence-corrected chi connectivity index (χ3v) is 3.96. The summed E-state index contributed by atoms with van der Waals surface area (Å²) < 4.78 is 0. The van der Waals surface area contributed by atoms with Gasteiger partial charge in [0.2, 0.25) is 0 Å². The van der Waals surface area contributed by atoms with Gasteiger partial charge < -0.3 is 11.1 Å². The Morgan fingerprint density at radius 2 is 2.12 bits per heavy atom. The van der Waals surface area contributed by atoms with E-state index in [1.807, 2.05) is 0 Å². The summed E-state index contributed by atoms with van der Waals surface area (Å²) >= 11 is 1.74. The summed E-state index contributed by atoms with van der Waals surface area (Å²) in [7, 11) is 0. The Labute approximate surface area is 106 Å². The predicted molar refractivity (Wildman–Crippen MR) is 69.9 cm³/mol. The molecule has 0 aromatic rings. The van der Waals surface area contributed by atoms with Crippen LogP contribution in [0.5, 0.6) is 0 Å². The molecule has 1 aliphatic heterocycles. The molecule has 98 valence electrons. The minimum atomic E-state index is -0.759. The number of carbonyl (C=O) groups excluding carboxylic acids is 2. The lowest BCUT2D eigenvalue weighted by Gasteiger charge is -2.16. The van der Waals surface area contributed by atoms with E-state index in [0.717, 1.165) is 12.2 Å². The SMILES string of the molecule is CC(CCN)SCCN1C(=O)NC(C)(C)C1=O. The van der Waals surface area contributed by atoms with Crippen LogP contribution >= 0.6 is 11.8 Å². The zero-order valence-corrected chi connectivity index (χ0v) is 11.5. The van der Waals surface area contributed by atoms with E-state index in [1.54, 1.807) is 25.6 Å². The van der Waals surface area contributed by atoms with Crippen molar-refractivity contribution in [2.45, 2.75) is 38.0 Å². The number of thioether (sulfide) groups is 1. The summed E-state index contributed by atoms with van der Waals surface area (Å²) in [5.41, 5.74) is 4.70. The molecule has 1 heterocycles. The van der Waals surface area contributed by atoms with Gasteiger partial charge in [-0.25, -0.2) is 4.79 Å². The lowest BCUT2D eigenvalue weighted by molar-refractivity contribution is -0.130. The van der Waals surface area contributed by atoms with Crippen LogP contribution < -0.4 is 11.1 Å². The third kappa shape index (κ3) is 3.61. The van der Waals surface area contributed by atoms with Crippen molar-refractivity contribution in [3.05, 3.63) is 0 Å². The molecular formula is C11H21N3O2S. The Morgan fingerprint density at radius 3 is 2.59 bits per heavy atom. The molecule has 1 rings (SSSR count). The maximum Gasteiger partial charge on any atom is 0.325 e. The van der Waals surface area contributed by atoms with Crippen molar-refractivity contribution < 1.29 is 9.59 Å². The number of amides is 3. The minimum absolute atomic E-state index is 0.144. The molecule has 3 amide bonds. The average Bonchev–Trinajstić information content (AvgIpc) is 2.40. The highest BCUT2D eigenvalue weighted by atomic mass is 32.2. The molecule has 5 nitrogen and oxygen atoms in total. The number of urea groups is 1. The lowest BCUT2D eigenvalue weighted by Crippen LogP contribution is -2.40. The molecule has 1 unspecified atom stereocenters. The second-order valence-electron chi connectivity index (χ2n) is 4.77. The fourth-order valence-corrected chi connectivity index (χ4v) is 2.68. The van der Waals surface area contributed by atoms with E-state index in [1.165, 1.54) is 4.90 Å². The third-order valence-electron chi connectivity index (χ3n) is 2.73. The van der Waals surface area contributed by atoms with Crippen molar-refractivity contribution in [1.29, 1.82) is 0 Å². The number of carbonyl (C=O) groups is 2. The van der Waals surface area contributed by atoms with Crippen LogP contribution in [0, 0.1) is 0 Å². The molecule has 1 saturated heterocycles. The molecule has 0 spiro atoms. The fourth-order valence-electron chi connectivity index (χ4n) is 1.68. The fraction of sp³-hybridized carbons (Fsp3) is 0.818. The number of nitrogens with two attached hydrogens (primary N) is 1. The molecule has 17 heavy (non-hydrogen) atoms. The van der Waals surface area contributed by atoms with Gasteiger partial charge in [0, 0.05) is 17.5 Å². The van der Waals surface area contributed by atoms with E-state index in [9.17, 15) is 9.59 Å². The Balaban J connectivity index is 2.38. The average molecular weight is 259 g/mol. The van der Waals surface area contributed by atoms with Gasteiger partial charge in [0.05, 0.1) is 0 Å². The number of hydrogen-bond acceptors (Lipinski definition) is 4. The van der Waals surface area contributed by atoms with Crippen LogP contribution in [0.2, 0.25) is 0 Å². The van der Waals surface area contributed by atoms with Crippen molar-refractivity contribution in [2.75, 3.05) is 18.8 Å². The van der Waals surface area contributed by atoms with E-state index in [0.29, 0.717) is 18.3 Å². The first-order valence-corrected chi connectivity index (χ1v) is 6.89. The van der Waals surface area contributed by atoms with Crippen molar-refractivity contribution in [3.63, 3.8) is 0 Å². The van der Waals surface area contributed by atoms with Crippen molar-refractivity contribution in [1.82, 2.24) is 10.2 Å². The molecule has 1 atom stereocenters. The van der Waals surface area contributed by atoms with Crippen LogP contribution in [0.25, 0.3) is 0 Å². The molecule has 0 bridgehead atoms. The zero-order chi connectivity index (χ0) is 13.1. The highest BCUT2D eigenvalue weighted by Crippen LogP contribution is 2.19. The maximum atomic E-state index is 11.9. The lowest BCUT2D eigenvalue weighted by atomic mass is 10.1. The van der Waals surface area contributed by atoms with Crippen LogP contribution in [0.1, 0.15) is 27.2 Å². The highest BCUT2D eigenvalue weighted by Gasteiger charge is 2.43. The molecule has 1 aliphatic rings. The van der Waals surface area contributed by atoms with Gasteiger partial charge in [-0.1, -0.05) is 6.92 Å². The van der Waals surface area contributed by atoms with Crippen molar-refractivity contribution in [2.24, 2.45) is 5.73 Å². The summed E-state index contributed by atoms with van der Waals surface area (Å²) in [5.74, 6) is 0.616. The molecule has 0 saturated carbocycles. The minimum Gasteiger partial charge on any atom is -0.330 e. The number of nitrogens with zero attached hydrogens (tertiary/aromatic N) is 1. The standard InChI is InChI=1S/C11H21N3O2S/c1-8(4-5-12)17-7-6-14-9(15)11(2,3)13-10(14)16/h8H,4-7,12H2,1-3H3,(H,13,16). The summed E-state index contributed by atoms with van der Waals surface area (Å²) in [6, 6.07) is -0.285. The molecule has 0 radical (unpaired) electrons. The predicted octanol–water partition coefficient (Wildman–Crippen LogP) is 0.787. The molecule has 1 fully saturated rings. The first kappa shape index (κ1) is 14.3. The van der Waals surface area contributed by atoms with Crippen LogP contribution in [0.4, 0.5) is 4.79 Å². The largest absolute Gasteiger partial charge is 0.330 e. The molecule has 0 aromatic carbocycles. The van der Waals surface area contributed by atoms with Gasteiger partial charge in [0.15, 0.2) is 0 Å². The maximum absolute atomic E-state index is 11.9. The van der Waals surface area contributed by atoms with Crippen molar-refractivity contribution in [3.8, 4) is 0 Å². The van der Waals surface area contributed by atoms with Gasteiger partial charge >= 0.3 is 6.03 Å². The van der Waals surface area contributed by atoms with Crippen LogP contribution in [0.15, 0.2) is 0 Å². The normalized spacial score (nSPS) is 20.6. The molecule has 0 aromatic heterocycles. The summed E-state index contributed by atoms with van der Waals surface area (Å²) in [6.07, 6.45) is 0.955. The summed E-state index contributed by atoms with van der Waals surface area (Å²) in [5, 5.41) is 3.13.